The van der Waals surface area contributed by atoms with Crippen molar-refractivity contribution in [3.8, 4) is 11.5 Å². The van der Waals surface area contributed by atoms with E-state index < -0.39 is 12.8 Å². The third-order valence-electron chi connectivity index (χ3n) is 3.21. The number of hydrogen-bond donors (Lipinski definition) is 2. The Morgan fingerprint density at radius 1 is 1.16 bits per heavy atom. The van der Waals surface area contributed by atoms with Gasteiger partial charge in [0.2, 0.25) is 0 Å². The molecule has 142 valence electrons. The van der Waals surface area contributed by atoms with E-state index in [0.717, 1.165) is 31.5 Å². The zero-order valence-corrected chi connectivity index (χ0v) is 14.9. The van der Waals surface area contributed by atoms with Gasteiger partial charge in [0.05, 0.1) is 13.7 Å². The second-order valence-electron chi connectivity index (χ2n) is 5.36. The number of nitrogens with zero attached hydrogens (tertiary/aromatic N) is 1. The van der Waals surface area contributed by atoms with Crippen molar-refractivity contribution >= 4 is 5.96 Å². The Labute approximate surface area is 146 Å². The van der Waals surface area contributed by atoms with Gasteiger partial charge in [-0.15, -0.1) is 0 Å². The van der Waals surface area contributed by atoms with Crippen molar-refractivity contribution in [2.24, 2.45) is 4.99 Å². The summed E-state index contributed by atoms with van der Waals surface area (Å²) < 4.78 is 46.7. The molecule has 0 heterocycles. The van der Waals surface area contributed by atoms with E-state index >= 15 is 0 Å². The predicted molar refractivity (Wildman–Crippen MR) is 92.3 cm³/mol. The van der Waals surface area contributed by atoms with Crippen LogP contribution < -0.4 is 20.1 Å². The molecule has 0 radical (unpaired) electrons. The summed E-state index contributed by atoms with van der Waals surface area (Å²) in [4.78, 5) is 4.46. The average Bonchev–Trinajstić information content (AvgIpc) is 2.57. The van der Waals surface area contributed by atoms with E-state index in [4.69, 9.17) is 9.47 Å². The number of nitrogens with one attached hydrogen (secondary N) is 2. The zero-order chi connectivity index (χ0) is 18.7. The van der Waals surface area contributed by atoms with Crippen molar-refractivity contribution in [1.82, 2.24) is 10.6 Å². The third-order valence-corrected chi connectivity index (χ3v) is 3.21. The molecule has 5 nitrogen and oxygen atoms in total. The van der Waals surface area contributed by atoms with Crippen molar-refractivity contribution in [3.63, 3.8) is 0 Å². The Hall–Kier alpha value is -2.12. The highest BCUT2D eigenvalue weighted by Crippen LogP contribution is 2.30. The molecule has 1 rings (SSSR count). The van der Waals surface area contributed by atoms with Gasteiger partial charge in [0, 0.05) is 13.1 Å². The molecule has 0 spiro atoms. The minimum Gasteiger partial charge on any atom is -0.493 e. The van der Waals surface area contributed by atoms with Crippen LogP contribution in [0.25, 0.3) is 0 Å². The summed E-state index contributed by atoms with van der Waals surface area (Å²) in [5.74, 6) is 1.01. The molecule has 1 aromatic rings. The van der Waals surface area contributed by atoms with Crippen LogP contribution in [0.4, 0.5) is 13.2 Å². The first-order valence-electron chi connectivity index (χ1n) is 8.28. The van der Waals surface area contributed by atoms with Crippen LogP contribution in [-0.4, -0.2) is 38.9 Å². The third kappa shape index (κ3) is 8.51. The van der Waals surface area contributed by atoms with Crippen LogP contribution in [0.5, 0.6) is 11.5 Å². The first-order chi connectivity index (χ1) is 11.9. The Bertz CT molecular complexity index is 548. The van der Waals surface area contributed by atoms with Gasteiger partial charge in [-0.2, -0.15) is 13.2 Å². The highest BCUT2D eigenvalue weighted by molar-refractivity contribution is 5.79. The number of aliphatic imine (C=N–C) groups is 1. The lowest BCUT2D eigenvalue weighted by Gasteiger charge is -2.14. The minimum atomic E-state index is -4.39. The van der Waals surface area contributed by atoms with Crippen LogP contribution in [0.1, 0.15) is 32.3 Å². The monoisotopic (exact) mass is 361 g/mol. The van der Waals surface area contributed by atoms with Gasteiger partial charge < -0.3 is 20.1 Å². The van der Waals surface area contributed by atoms with Crippen LogP contribution in [0.3, 0.4) is 0 Å². The lowest BCUT2D eigenvalue weighted by molar-refractivity contribution is -0.153. The Morgan fingerprint density at radius 2 is 1.92 bits per heavy atom. The van der Waals surface area contributed by atoms with Gasteiger partial charge in [-0.1, -0.05) is 19.4 Å². The summed E-state index contributed by atoms with van der Waals surface area (Å²) in [5, 5.41) is 6.37. The summed E-state index contributed by atoms with van der Waals surface area (Å²) in [5.41, 5.74) is 0.809. The smallest absolute Gasteiger partial charge is 0.422 e. The number of alkyl halides is 3. The predicted octanol–water partition coefficient (Wildman–Crippen LogP) is 3.49. The summed E-state index contributed by atoms with van der Waals surface area (Å²) in [7, 11) is 1.39. The Morgan fingerprint density at radius 3 is 2.52 bits per heavy atom. The van der Waals surface area contributed by atoms with Crippen LogP contribution in [0, 0.1) is 0 Å². The van der Waals surface area contributed by atoms with Crippen molar-refractivity contribution in [3.05, 3.63) is 23.8 Å². The SMILES string of the molecule is CCCCNC(=NCc1ccc(OCC(F)(F)F)c(OC)c1)NCC. The van der Waals surface area contributed by atoms with Gasteiger partial charge in [-0.3, -0.25) is 0 Å². The minimum absolute atomic E-state index is 0.0560. The van der Waals surface area contributed by atoms with Gasteiger partial charge in [0.25, 0.3) is 0 Å². The molecular formula is C17H26F3N3O2. The highest BCUT2D eigenvalue weighted by Gasteiger charge is 2.29. The standard InChI is InChI=1S/C17H26F3N3O2/c1-4-6-9-22-16(21-5-2)23-11-13-7-8-14(15(10-13)24-3)25-12-17(18,19)20/h7-8,10H,4-6,9,11-12H2,1-3H3,(H2,21,22,23). The fourth-order valence-corrected chi connectivity index (χ4v) is 1.98. The molecule has 0 saturated heterocycles. The molecule has 2 N–H and O–H groups in total. The topological polar surface area (TPSA) is 54.9 Å². The number of benzene rings is 1. The van der Waals surface area contributed by atoms with Crippen molar-refractivity contribution in [2.45, 2.75) is 39.4 Å². The van der Waals surface area contributed by atoms with E-state index in [1.54, 1.807) is 12.1 Å². The van der Waals surface area contributed by atoms with E-state index in [1.165, 1.54) is 13.2 Å². The summed E-state index contributed by atoms with van der Waals surface area (Å²) in [6.07, 6.45) is -2.26. The fraction of sp³-hybridized carbons (Fsp3) is 0.588. The van der Waals surface area contributed by atoms with E-state index in [-0.39, 0.29) is 11.5 Å². The van der Waals surface area contributed by atoms with E-state index in [2.05, 4.69) is 22.5 Å². The van der Waals surface area contributed by atoms with Gasteiger partial charge in [-0.25, -0.2) is 4.99 Å². The van der Waals surface area contributed by atoms with Crippen molar-refractivity contribution in [2.75, 3.05) is 26.8 Å². The maximum atomic E-state index is 12.3. The second-order valence-corrected chi connectivity index (χ2v) is 5.36. The molecule has 0 aromatic heterocycles. The molecular weight excluding hydrogens is 335 g/mol. The van der Waals surface area contributed by atoms with Crippen molar-refractivity contribution < 1.29 is 22.6 Å². The summed E-state index contributed by atoms with van der Waals surface area (Å²) >= 11 is 0. The van der Waals surface area contributed by atoms with Crippen LogP contribution in [0.15, 0.2) is 23.2 Å². The lowest BCUT2D eigenvalue weighted by atomic mass is 10.2. The summed E-state index contributed by atoms with van der Waals surface area (Å²) in [6.45, 7) is 4.68. The van der Waals surface area contributed by atoms with E-state index in [0.29, 0.717) is 12.5 Å². The summed E-state index contributed by atoms with van der Waals surface area (Å²) in [6, 6.07) is 4.77. The largest absolute Gasteiger partial charge is 0.493 e. The van der Waals surface area contributed by atoms with E-state index in [1.807, 2.05) is 6.92 Å². The average molecular weight is 361 g/mol. The molecule has 0 aliphatic carbocycles. The molecule has 0 fully saturated rings. The quantitative estimate of drug-likeness (QED) is 0.402. The van der Waals surface area contributed by atoms with Gasteiger partial charge >= 0.3 is 6.18 Å². The fourth-order valence-electron chi connectivity index (χ4n) is 1.98. The zero-order valence-electron chi connectivity index (χ0n) is 14.9. The molecule has 0 atom stereocenters. The number of guanidine groups is 1. The van der Waals surface area contributed by atoms with Gasteiger partial charge in [0.1, 0.15) is 0 Å². The first kappa shape index (κ1) is 20.9. The molecule has 0 saturated carbocycles. The van der Waals surface area contributed by atoms with Gasteiger partial charge in [-0.05, 0) is 31.0 Å². The number of unbranched alkanes of at least 4 members (excludes halogenated alkanes) is 1. The number of ether oxygens (including phenoxy) is 2. The number of rotatable bonds is 9. The molecule has 0 unspecified atom stereocenters. The maximum absolute atomic E-state index is 12.3. The normalized spacial score (nSPS) is 12.0. The lowest BCUT2D eigenvalue weighted by Crippen LogP contribution is -2.37. The molecule has 0 aliphatic heterocycles. The second kappa shape index (κ2) is 10.7. The molecule has 25 heavy (non-hydrogen) atoms. The van der Waals surface area contributed by atoms with Gasteiger partial charge in [0.15, 0.2) is 24.1 Å². The molecule has 1 aromatic carbocycles. The van der Waals surface area contributed by atoms with Crippen LogP contribution >= 0.6 is 0 Å². The van der Waals surface area contributed by atoms with Crippen LogP contribution in [-0.2, 0) is 6.54 Å². The Kier molecular flexibility index (Phi) is 8.94. The first-order valence-corrected chi connectivity index (χ1v) is 8.28. The molecule has 8 heteroatoms. The molecule has 0 amide bonds. The maximum Gasteiger partial charge on any atom is 0.422 e. The number of methoxy groups -OCH3 is 1. The number of halogens is 3. The van der Waals surface area contributed by atoms with E-state index in [9.17, 15) is 13.2 Å². The van der Waals surface area contributed by atoms with Crippen molar-refractivity contribution in [1.29, 1.82) is 0 Å². The number of hydrogen-bond acceptors (Lipinski definition) is 3. The Balaban J connectivity index is 2.75. The molecule has 0 aliphatic rings. The molecule has 0 bridgehead atoms. The highest BCUT2D eigenvalue weighted by atomic mass is 19.4. The van der Waals surface area contributed by atoms with Crippen LogP contribution in [0.2, 0.25) is 0 Å².